The Hall–Kier alpha value is -0.120. The summed E-state index contributed by atoms with van der Waals surface area (Å²) in [7, 11) is 1.81. The highest BCUT2D eigenvalue weighted by atomic mass is 16.5. The molecule has 0 saturated heterocycles. The van der Waals surface area contributed by atoms with Crippen LogP contribution in [0.15, 0.2) is 0 Å². The van der Waals surface area contributed by atoms with Gasteiger partial charge in [-0.25, -0.2) is 0 Å². The minimum absolute atomic E-state index is 0.645. The molecule has 19 heavy (non-hydrogen) atoms. The van der Waals surface area contributed by atoms with Crippen molar-refractivity contribution in [1.29, 1.82) is 0 Å². The summed E-state index contributed by atoms with van der Waals surface area (Å²) in [6, 6.07) is 1.98. The second-order valence-corrected chi connectivity index (χ2v) is 6.14. The molecule has 1 rings (SSSR count). The van der Waals surface area contributed by atoms with Crippen LogP contribution in [0.4, 0.5) is 0 Å². The van der Waals surface area contributed by atoms with Crippen LogP contribution in [-0.2, 0) is 4.74 Å². The third kappa shape index (κ3) is 5.05. The first-order valence-corrected chi connectivity index (χ1v) is 8.12. The van der Waals surface area contributed by atoms with Crippen LogP contribution in [-0.4, -0.2) is 49.8 Å². The molecular weight excluding hydrogens is 236 g/mol. The normalized spacial score (nSPS) is 29.7. The summed E-state index contributed by atoms with van der Waals surface area (Å²) in [6.45, 7) is 12.3. The summed E-state index contributed by atoms with van der Waals surface area (Å²) in [5.74, 6) is 0.856. The molecule has 0 amide bonds. The topological polar surface area (TPSA) is 24.5 Å². The second kappa shape index (κ2) is 8.93. The molecule has 0 heterocycles. The molecule has 4 atom stereocenters. The molecular formula is C16H34N2O. The standard InChI is InChI=1S/C16H34N2O/c1-6-14(4)18(10-11-19-5)16-12-13(3)8-9-15(16)17-7-2/h13-17H,6-12H2,1-5H3. The first kappa shape index (κ1) is 16.9. The van der Waals surface area contributed by atoms with E-state index in [0.29, 0.717) is 18.1 Å². The van der Waals surface area contributed by atoms with Crippen LogP contribution in [0.5, 0.6) is 0 Å². The van der Waals surface area contributed by atoms with Gasteiger partial charge in [-0.1, -0.05) is 20.8 Å². The van der Waals surface area contributed by atoms with Crippen molar-refractivity contribution in [1.82, 2.24) is 10.2 Å². The van der Waals surface area contributed by atoms with Gasteiger partial charge in [0.25, 0.3) is 0 Å². The van der Waals surface area contributed by atoms with Gasteiger partial charge in [0.1, 0.15) is 0 Å². The van der Waals surface area contributed by atoms with Gasteiger partial charge >= 0.3 is 0 Å². The molecule has 0 aromatic rings. The number of nitrogens with zero attached hydrogens (tertiary/aromatic N) is 1. The van der Waals surface area contributed by atoms with E-state index in [0.717, 1.165) is 25.6 Å². The predicted octanol–water partition coefficient (Wildman–Crippen LogP) is 2.90. The van der Waals surface area contributed by atoms with Gasteiger partial charge in [0.2, 0.25) is 0 Å². The third-order valence-electron chi connectivity index (χ3n) is 4.68. The lowest BCUT2D eigenvalue weighted by molar-refractivity contribution is 0.0429. The first-order chi connectivity index (χ1) is 9.13. The van der Waals surface area contributed by atoms with Crippen molar-refractivity contribution >= 4 is 0 Å². The quantitative estimate of drug-likeness (QED) is 0.734. The van der Waals surface area contributed by atoms with Crippen molar-refractivity contribution in [2.45, 2.75) is 71.5 Å². The van der Waals surface area contributed by atoms with Gasteiger partial charge in [-0.05, 0) is 45.1 Å². The van der Waals surface area contributed by atoms with Crippen molar-refractivity contribution in [3.05, 3.63) is 0 Å². The number of ether oxygens (including phenoxy) is 1. The molecule has 0 aromatic carbocycles. The van der Waals surface area contributed by atoms with E-state index in [2.05, 4.69) is 37.9 Å². The third-order valence-corrected chi connectivity index (χ3v) is 4.68. The maximum atomic E-state index is 5.32. The predicted molar refractivity (Wildman–Crippen MR) is 82.6 cm³/mol. The molecule has 1 N–H and O–H groups in total. The number of methoxy groups -OCH3 is 1. The van der Waals surface area contributed by atoms with Gasteiger partial charge in [0, 0.05) is 31.8 Å². The summed E-state index contributed by atoms with van der Waals surface area (Å²) in [5, 5.41) is 3.71. The number of hydrogen-bond acceptors (Lipinski definition) is 3. The van der Waals surface area contributed by atoms with E-state index in [-0.39, 0.29) is 0 Å². The van der Waals surface area contributed by atoms with Crippen LogP contribution in [0.1, 0.15) is 53.4 Å². The minimum Gasteiger partial charge on any atom is -0.383 e. The average molecular weight is 270 g/mol. The first-order valence-electron chi connectivity index (χ1n) is 8.12. The summed E-state index contributed by atoms with van der Waals surface area (Å²) in [4.78, 5) is 2.69. The Balaban J connectivity index is 2.74. The summed E-state index contributed by atoms with van der Waals surface area (Å²) in [6.07, 6.45) is 5.23. The maximum Gasteiger partial charge on any atom is 0.0589 e. The molecule has 1 aliphatic rings. The van der Waals surface area contributed by atoms with Crippen LogP contribution in [0, 0.1) is 5.92 Å². The number of likely N-dealkylation sites (N-methyl/N-ethyl adjacent to an activating group) is 1. The molecule has 3 heteroatoms. The molecule has 1 saturated carbocycles. The molecule has 0 spiro atoms. The fraction of sp³-hybridized carbons (Fsp3) is 1.00. The van der Waals surface area contributed by atoms with Crippen molar-refractivity contribution in [2.75, 3.05) is 26.8 Å². The van der Waals surface area contributed by atoms with Gasteiger partial charge in [0.05, 0.1) is 6.61 Å². The Morgan fingerprint density at radius 2 is 2.05 bits per heavy atom. The maximum absolute atomic E-state index is 5.32. The average Bonchev–Trinajstić information content (AvgIpc) is 2.41. The number of rotatable bonds is 8. The lowest BCUT2D eigenvalue weighted by Gasteiger charge is -2.45. The van der Waals surface area contributed by atoms with Crippen molar-refractivity contribution < 1.29 is 4.74 Å². The van der Waals surface area contributed by atoms with Gasteiger partial charge in [0.15, 0.2) is 0 Å². The Labute approximate surface area is 120 Å². The smallest absolute Gasteiger partial charge is 0.0589 e. The number of hydrogen-bond donors (Lipinski definition) is 1. The largest absolute Gasteiger partial charge is 0.383 e. The zero-order valence-electron chi connectivity index (χ0n) is 13.6. The Bertz CT molecular complexity index is 235. The van der Waals surface area contributed by atoms with Crippen LogP contribution in [0.3, 0.4) is 0 Å². The van der Waals surface area contributed by atoms with E-state index in [4.69, 9.17) is 4.74 Å². The van der Waals surface area contributed by atoms with Gasteiger partial charge in [-0.2, -0.15) is 0 Å². The van der Waals surface area contributed by atoms with E-state index >= 15 is 0 Å². The fourth-order valence-corrected chi connectivity index (χ4v) is 3.36. The molecule has 1 aliphatic carbocycles. The highest BCUT2D eigenvalue weighted by molar-refractivity contribution is 4.91. The Morgan fingerprint density at radius 3 is 2.63 bits per heavy atom. The summed E-state index contributed by atoms with van der Waals surface area (Å²) < 4.78 is 5.32. The second-order valence-electron chi connectivity index (χ2n) is 6.14. The Morgan fingerprint density at radius 1 is 1.32 bits per heavy atom. The lowest BCUT2D eigenvalue weighted by Crippen LogP contribution is -2.56. The Kier molecular flexibility index (Phi) is 7.96. The zero-order valence-corrected chi connectivity index (χ0v) is 13.6. The lowest BCUT2D eigenvalue weighted by atomic mass is 9.82. The molecule has 0 bridgehead atoms. The van der Waals surface area contributed by atoms with E-state index in [1.54, 1.807) is 7.11 Å². The number of nitrogens with one attached hydrogen (secondary N) is 1. The zero-order chi connectivity index (χ0) is 14.3. The molecule has 0 aromatic heterocycles. The van der Waals surface area contributed by atoms with Gasteiger partial charge in [-0.15, -0.1) is 0 Å². The fourth-order valence-electron chi connectivity index (χ4n) is 3.36. The molecule has 0 aliphatic heterocycles. The monoisotopic (exact) mass is 270 g/mol. The molecule has 0 radical (unpaired) electrons. The molecule has 4 unspecified atom stereocenters. The highest BCUT2D eigenvalue weighted by Gasteiger charge is 2.33. The molecule has 114 valence electrons. The minimum atomic E-state index is 0.645. The molecule has 1 fully saturated rings. The van der Waals surface area contributed by atoms with Crippen molar-refractivity contribution in [3.8, 4) is 0 Å². The van der Waals surface area contributed by atoms with Crippen LogP contribution in [0.2, 0.25) is 0 Å². The van der Waals surface area contributed by atoms with Crippen LogP contribution < -0.4 is 5.32 Å². The SMILES string of the molecule is CCNC1CCC(C)CC1N(CCOC)C(C)CC. The summed E-state index contributed by atoms with van der Waals surface area (Å²) >= 11 is 0. The van der Waals surface area contributed by atoms with Gasteiger partial charge in [-0.3, -0.25) is 4.90 Å². The van der Waals surface area contributed by atoms with Crippen molar-refractivity contribution in [3.63, 3.8) is 0 Å². The highest BCUT2D eigenvalue weighted by Crippen LogP contribution is 2.29. The van der Waals surface area contributed by atoms with E-state index in [1.165, 1.54) is 25.7 Å². The van der Waals surface area contributed by atoms with E-state index < -0.39 is 0 Å². The van der Waals surface area contributed by atoms with Gasteiger partial charge < -0.3 is 10.1 Å². The van der Waals surface area contributed by atoms with E-state index in [1.807, 2.05) is 0 Å². The molecule has 3 nitrogen and oxygen atoms in total. The van der Waals surface area contributed by atoms with Crippen molar-refractivity contribution in [2.24, 2.45) is 5.92 Å². The van der Waals surface area contributed by atoms with E-state index in [9.17, 15) is 0 Å². The summed E-state index contributed by atoms with van der Waals surface area (Å²) in [5.41, 5.74) is 0. The van der Waals surface area contributed by atoms with Crippen LogP contribution in [0.25, 0.3) is 0 Å². The van der Waals surface area contributed by atoms with Crippen LogP contribution >= 0.6 is 0 Å².